The first-order valence-corrected chi connectivity index (χ1v) is 8.08. The number of aryl methyl sites for hydroxylation is 1. The topological polar surface area (TPSA) is 55.8 Å². The van der Waals surface area contributed by atoms with Gasteiger partial charge in [0, 0.05) is 44.5 Å². The lowest BCUT2D eigenvalue weighted by Gasteiger charge is -2.36. The SMILES string of the molecule is Cc1cccc(N2CCN(C(=O)NC(C)CCCO)CC2)c1. The number of rotatable bonds is 5. The molecule has 0 aliphatic carbocycles. The maximum absolute atomic E-state index is 12.2. The molecule has 1 aromatic carbocycles. The lowest BCUT2D eigenvalue weighted by molar-refractivity contribution is 0.189. The molecule has 22 heavy (non-hydrogen) atoms. The Hall–Kier alpha value is -1.75. The highest BCUT2D eigenvalue weighted by Gasteiger charge is 2.22. The van der Waals surface area contributed by atoms with Crippen LogP contribution in [0.4, 0.5) is 10.5 Å². The molecule has 1 heterocycles. The molecule has 0 spiro atoms. The summed E-state index contributed by atoms with van der Waals surface area (Å²) in [6.45, 7) is 7.47. The van der Waals surface area contributed by atoms with Crippen LogP contribution in [0.2, 0.25) is 0 Å². The van der Waals surface area contributed by atoms with Crippen LogP contribution in [0.15, 0.2) is 24.3 Å². The standard InChI is InChI=1S/C17H27N3O2/c1-14-5-3-7-16(13-14)19-8-10-20(11-9-19)17(22)18-15(2)6-4-12-21/h3,5,7,13,15,21H,4,6,8-12H2,1-2H3,(H,18,22). The summed E-state index contributed by atoms with van der Waals surface area (Å²) in [5.41, 5.74) is 2.49. The predicted octanol–water partition coefficient (Wildman–Crippen LogP) is 1.99. The Morgan fingerprint density at radius 3 is 2.68 bits per heavy atom. The van der Waals surface area contributed by atoms with Gasteiger partial charge in [0.25, 0.3) is 0 Å². The molecule has 122 valence electrons. The van der Waals surface area contributed by atoms with Gasteiger partial charge >= 0.3 is 6.03 Å². The van der Waals surface area contributed by atoms with Gasteiger partial charge in [-0.2, -0.15) is 0 Å². The highest BCUT2D eigenvalue weighted by Crippen LogP contribution is 2.17. The van der Waals surface area contributed by atoms with Gasteiger partial charge in [-0.05, 0) is 44.4 Å². The Bertz CT molecular complexity index is 485. The molecule has 0 aromatic heterocycles. The Labute approximate surface area is 132 Å². The molecule has 1 aliphatic rings. The number of aliphatic hydroxyl groups excluding tert-OH is 1. The molecule has 1 fully saturated rings. The first-order chi connectivity index (χ1) is 10.6. The lowest BCUT2D eigenvalue weighted by atomic mass is 10.2. The molecule has 0 saturated carbocycles. The normalized spacial score (nSPS) is 16.5. The largest absolute Gasteiger partial charge is 0.396 e. The van der Waals surface area contributed by atoms with E-state index in [1.165, 1.54) is 11.3 Å². The Kier molecular flexibility index (Phi) is 6.07. The van der Waals surface area contributed by atoms with E-state index in [0.29, 0.717) is 0 Å². The fourth-order valence-electron chi connectivity index (χ4n) is 2.76. The predicted molar refractivity (Wildman–Crippen MR) is 89.3 cm³/mol. The number of anilines is 1. The van der Waals surface area contributed by atoms with E-state index >= 15 is 0 Å². The van der Waals surface area contributed by atoms with Crippen molar-refractivity contribution < 1.29 is 9.90 Å². The van der Waals surface area contributed by atoms with Crippen LogP contribution < -0.4 is 10.2 Å². The lowest BCUT2D eigenvalue weighted by Crippen LogP contribution is -2.53. The van der Waals surface area contributed by atoms with Gasteiger partial charge in [-0.1, -0.05) is 12.1 Å². The smallest absolute Gasteiger partial charge is 0.317 e. The Morgan fingerprint density at radius 2 is 2.05 bits per heavy atom. The van der Waals surface area contributed by atoms with Gasteiger partial charge in [-0.3, -0.25) is 0 Å². The zero-order valence-corrected chi connectivity index (χ0v) is 13.6. The van der Waals surface area contributed by atoms with Crippen molar-refractivity contribution in [3.8, 4) is 0 Å². The Balaban J connectivity index is 1.80. The van der Waals surface area contributed by atoms with Gasteiger partial charge in [0.15, 0.2) is 0 Å². The van der Waals surface area contributed by atoms with Gasteiger partial charge in [-0.25, -0.2) is 4.79 Å². The van der Waals surface area contributed by atoms with E-state index in [9.17, 15) is 4.79 Å². The molecular formula is C17H27N3O2. The van der Waals surface area contributed by atoms with E-state index in [1.54, 1.807) is 0 Å². The maximum Gasteiger partial charge on any atom is 0.317 e. The van der Waals surface area contributed by atoms with Gasteiger partial charge in [-0.15, -0.1) is 0 Å². The van der Waals surface area contributed by atoms with E-state index in [-0.39, 0.29) is 18.7 Å². The first kappa shape index (κ1) is 16.6. The maximum atomic E-state index is 12.2. The third-order valence-corrected chi connectivity index (χ3v) is 4.10. The quantitative estimate of drug-likeness (QED) is 0.875. The van der Waals surface area contributed by atoms with E-state index in [2.05, 4.69) is 41.4 Å². The van der Waals surface area contributed by atoms with Crippen molar-refractivity contribution in [1.82, 2.24) is 10.2 Å². The van der Waals surface area contributed by atoms with Crippen LogP contribution in [0.3, 0.4) is 0 Å². The minimum Gasteiger partial charge on any atom is -0.396 e. The number of nitrogens with one attached hydrogen (secondary N) is 1. The number of benzene rings is 1. The van der Waals surface area contributed by atoms with Crippen molar-refractivity contribution in [2.24, 2.45) is 0 Å². The summed E-state index contributed by atoms with van der Waals surface area (Å²) in [5, 5.41) is 11.8. The molecule has 2 rings (SSSR count). The van der Waals surface area contributed by atoms with E-state index in [4.69, 9.17) is 5.11 Å². The second-order valence-electron chi connectivity index (χ2n) is 6.03. The summed E-state index contributed by atoms with van der Waals surface area (Å²) in [5.74, 6) is 0. The number of carbonyl (C=O) groups is 1. The molecular weight excluding hydrogens is 278 g/mol. The highest BCUT2D eigenvalue weighted by molar-refractivity contribution is 5.74. The monoisotopic (exact) mass is 305 g/mol. The van der Waals surface area contributed by atoms with Crippen molar-refractivity contribution in [2.75, 3.05) is 37.7 Å². The number of aliphatic hydroxyl groups is 1. The summed E-state index contributed by atoms with van der Waals surface area (Å²) in [6.07, 6.45) is 1.54. The third-order valence-electron chi connectivity index (χ3n) is 4.10. The average molecular weight is 305 g/mol. The molecule has 0 bridgehead atoms. The second kappa shape index (κ2) is 8.03. The first-order valence-electron chi connectivity index (χ1n) is 8.08. The van der Waals surface area contributed by atoms with E-state index < -0.39 is 0 Å². The van der Waals surface area contributed by atoms with Crippen LogP contribution in [0, 0.1) is 6.92 Å². The van der Waals surface area contributed by atoms with Crippen LogP contribution in [0.25, 0.3) is 0 Å². The third kappa shape index (κ3) is 4.63. The van der Waals surface area contributed by atoms with Gasteiger partial charge in [0.1, 0.15) is 0 Å². The number of urea groups is 1. The van der Waals surface area contributed by atoms with Crippen molar-refractivity contribution >= 4 is 11.7 Å². The van der Waals surface area contributed by atoms with Crippen LogP contribution >= 0.6 is 0 Å². The number of hydrogen-bond acceptors (Lipinski definition) is 3. The fraction of sp³-hybridized carbons (Fsp3) is 0.588. The number of hydrogen-bond donors (Lipinski definition) is 2. The number of carbonyl (C=O) groups excluding carboxylic acids is 1. The van der Waals surface area contributed by atoms with Crippen molar-refractivity contribution in [1.29, 1.82) is 0 Å². The summed E-state index contributed by atoms with van der Waals surface area (Å²) in [4.78, 5) is 16.4. The molecule has 0 radical (unpaired) electrons. The Morgan fingerprint density at radius 1 is 1.32 bits per heavy atom. The molecule has 2 amide bonds. The van der Waals surface area contributed by atoms with Gasteiger partial charge < -0.3 is 20.2 Å². The number of piperazine rings is 1. The summed E-state index contributed by atoms with van der Waals surface area (Å²) in [7, 11) is 0. The number of amides is 2. The zero-order chi connectivity index (χ0) is 15.9. The van der Waals surface area contributed by atoms with Crippen LogP contribution in [0.1, 0.15) is 25.3 Å². The molecule has 5 heteroatoms. The van der Waals surface area contributed by atoms with Gasteiger partial charge in [0.05, 0.1) is 0 Å². The van der Waals surface area contributed by atoms with Crippen molar-refractivity contribution in [3.05, 3.63) is 29.8 Å². The minimum atomic E-state index is 0.00864. The van der Waals surface area contributed by atoms with E-state index in [1.807, 2.05) is 11.8 Å². The van der Waals surface area contributed by atoms with E-state index in [0.717, 1.165) is 39.0 Å². The fourth-order valence-corrected chi connectivity index (χ4v) is 2.76. The summed E-state index contributed by atoms with van der Waals surface area (Å²) in [6, 6.07) is 8.60. The number of nitrogens with zero attached hydrogens (tertiary/aromatic N) is 2. The molecule has 1 atom stereocenters. The van der Waals surface area contributed by atoms with Crippen LogP contribution in [-0.4, -0.2) is 54.9 Å². The van der Waals surface area contributed by atoms with Gasteiger partial charge in [0.2, 0.25) is 0 Å². The minimum absolute atomic E-state index is 0.00864. The molecule has 1 unspecified atom stereocenters. The average Bonchev–Trinajstić information content (AvgIpc) is 2.53. The van der Waals surface area contributed by atoms with Crippen LogP contribution in [-0.2, 0) is 0 Å². The second-order valence-corrected chi connectivity index (χ2v) is 6.03. The summed E-state index contributed by atoms with van der Waals surface area (Å²) < 4.78 is 0. The van der Waals surface area contributed by atoms with Crippen LogP contribution in [0.5, 0.6) is 0 Å². The molecule has 1 aliphatic heterocycles. The van der Waals surface area contributed by atoms with Crippen molar-refractivity contribution in [2.45, 2.75) is 32.7 Å². The molecule has 5 nitrogen and oxygen atoms in total. The molecule has 1 aromatic rings. The molecule has 1 saturated heterocycles. The molecule has 2 N–H and O–H groups in total. The van der Waals surface area contributed by atoms with Crippen molar-refractivity contribution in [3.63, 3.8) is 0 Å². The highest BCUT2D eigenvalue weighted by atomic mass is 16.3. The zero-order valence-electron chi connectivity index (χ0n) is 13.6. The summed E-state index contributed by atoms with van der Waals surface area (Å²) >= 11 is 0.